The zero-order valence-corrected chi connectivity index (χ0v) is 14.4. The van der Waals surface area contributed by atoms with Crippen LogP contribution in [0.1, 0.15) is 23.6 Å². The Morgan fingerprint density at radius 3 is 2.91 bits per heavy atom. The molecule has 0 fully saturated rings. The molecule has 1 amide bonds. The first-order valence-electron chi connectivity index (χ1n) is 7.57. The number of amides is 1. The van der Waals surface area contributed by atoms with Crippen molar-refractivity contribution in [3.05, 3.63) is 63.9 Å². The van der Waals surface area contributed by atoms with E-state index in [9.17, 15) is 9.18 Å². The maximum Gasteiger partial charge on any atom is 0.238 e. The molecule has 23 heavy (non-hydrogen) atoms. The molecule has 3 nitrogen and oxygen atoms in total. The molecule has 0 bridgehead atoms. The van der Waals surface area contributed by atoms with E-state index in [1.807, 2.05) is 24.1 Å². The Hall–Kier alpha value is -1.72. The van der Waals surface area contributed by atoms with Gasteiger partial charge in [-0.1, -0.05) is 40.2 Å². The highest BCUT2D eigenvalue weighted by molar-refractivity contribution is 9.10. The number of hydrogen-bond donors (Lipinski definition) is 1. The predicted octanol–water partition coefficient (Wildman–Crippen LogP) is 4.15. The van der Waals surface area contributed by atoms with Gasteiger partial charge in [0.15, 0.2) is 0 Å². The van der Waals surface area contributed by atoms with E-state index in [1.165, 1.54) is 17.2 Å². The molecule has 5 heteroatoms. The maximum absolute atomic E-state index is 13.8. The molecule has 0 spiro atoms. The summed E-state index contributed by atoms with van der Waals surface area (Å²) in [6.45, 7) is 0.231. The third-order valence-electron chi connectivity index (χ3n) is 4.23. The lowest BCUT2D eigenvalue weighted by Gasteiger charge is -2.24. The van der Waals surface area contributed by atoms with Crippen LogP contribution >= 0.6 is 15.9 Å². The molecule has 1 atom stereocenters. The zero-order chi connectivity index (χ0) is 16.4. The fraction of sp³-hybridized carbons (Fsp3) is 0.278. The zero-order valence-electron chi connectivity index (χ0n) is 12.9. The Morgan fingerprint density at radius 1 is 1.35 bits per heavy atom. The molecule has 2 aromatic carbocycles. The summed E-state index contributed by atoms with van der Waals surface area (Å²) < 4.78 is 14.4. The number of rotatable bonds is 4. The van der Waals surface area contributed by atoms with Crippen LogP contribution in [0.4, 0.5) is 10.1 Å². The maximum atomic E-state index is 13.8. The Bertz CT molecular complexity index is 735. The number of hydrogen-bond acceptors (Lipinski definition) is 2. The summed E-state index contributed by atoms with van der Waals surface area (Å²) in [5.74, 6) is -0.653. The minimum atomic E-state index is -0.443. The lowest BCUT2D eigenvalue weighted by Crippen LogP contribution is -2.32. The summed E-state index contributed by atoms with van der Waals surface area (Å²) in [7, 11) is 1.93. The van der Waals surface area contributed by atoms with Crippen molar-refractivity contribution in [2.75, 3.05) is 18.9 Å². The van der Waals surface area contributed by atoms with Crippen LogP contribution in [0, 0.1) is 5.82 Å². The van der Waals surface area contributed by atoms with Crippen molar-refractivity contribution in [3.8, 4) is 0 Å². The third kappa shape index (κ3) is 3.62. The molecule has 0 heterocycles. The van der Waals surface area contributed by atoms with Crippen LogP contribution in [0.15, 0.2) is 46.9 Å². The quantitative estimate of drug-likeness (QED) is 0.869. The van der Waals surface area contributed by atoms with Gasteiger partial charge in [0.25, 0.3) is 0 Å². The summed E-state index contributed by atoms with van der Waals surface area (Å²) in [6.07, 6.45) is 2.05. The molecule has 0 unspecified atom stereocenters. The van der Waals surface area contributed by atoms with E-state index in [1.54, 1.807) is 12.1 Å². The average molecular weight is 377 g/mol. The van der Waals surface area contributed by atoms with Crippen molar-refractivity contribution in [1.82, 2.24) is 4.90 Å². The number of aryl methyl sites for hydroxylation is 1. The molecule has 0 saturated carbocycles. The summed E-state index contributed by atoms with van der Waals surface area (Å²) in [5.41, 5.74) is 2.85. The average Bonchev–Trinajstić information content (AvgIpc) is 2.94. The molecule has 1 aliphatic carbocycles. The lowest BCUT2D eigenvalue weighted by molar-refractivity contribution is -0.117. The molecule has 1 aliphatic rings. The summed E-state index contributed by atoms with van der Waals surface area (Å²) in [6, 6.07) is 13.2. The van der Waals surface area contributed by atoms with Crippen molar-refractivity contribution in [2.45, 2.75) is 18.9 Å². The molecule has 0 radical (unpaired) electrons. The first kappa shape index (κ1) is 16.1. The standard InChI is InChI=1S/C18H18BrFN2O/c1-22(17-9-6-12-4-2-3-5-14(12)17)11-18(23)21-16-8-7-13(19)10-15(16)20/h2-5,7-8,10,17H,6,9,11H2,1H3,(H,21,23)/t17-/m1/s1. The van der Waals surface area contributed by atoms with Gasteiger partial charge in [-0.25, -0.2) is 4.39 Å². The largest absolute Gasteiger partial charge is 0.322 e. The van der Waals surface area contributed by atoms with E-state index in [4.69, 9.17) is 0 Å². The lowest BCUT2D eigenvalue weighted by atomic mass is 10.1. The number of carbonyl (C=O) groups excluding carboxylic acids is 1. The van der Waals surface area contributed by atoms with Crippen LogP contribution in [-0.2, 0) is 11.2 Å². The first-order valence-corrected chi connectivity index (χ1v) is 8.37. The molecule has 0 saturated heterocycles. The van der Waals surface area contributed by atoms with Crippen LogP contribution in [0.5, 0.6) is 0 Å². The van der Waals surface area contributed by atoms with Crippen LogP contribution in [-0.4, -0.2) is 24.4 Å². The van der Waals surface area contributed by atoms with Gasteiger partial charge in [-0.05, 0) is 49.2 Å². The van der Waals surface area contributed by atoms with Gasteiger partial charge in [-0.2, -0.15) is 0 Å². The van der Waals surface area contributed by atoms with Crippen molar-refractivity contribution < 1.29 is 9.18 Å². The van der Waals surface area contributed by atoms with Gasteiger partial charge in [-0.3, -0.25) is 9.69 Å². The smallest absolute Gasteiger partial charge is 0.238 e. The molecule has 2 aromatic rings. The van der Waals surface area contributed by atoms with Crippen molar-refractivity contribution in [2.24, 2.45) is 0 Å². The molecule has 0 aliphatic heterocycles. The number of carbonyl (C=O) groups is 1. The highest BCUT2D eigenvalue weighted by Gasteiger charge is 2.26. The highest BCUT2D eigenvalue weighted by Crippen LogP contribution is 2.34. The van der Waals surface area contributed by atoms with Gasteiger partial charge in [0.05, 0.1) is 12.2 Å². The van der Waals surface area contributed by atoms with Gasteiger partial charge < -0.3 is 5.32 Å². The SMILES string of the molecule is CN(CC(=O)Nc1ccc(Br)cc1F)[C@@H]1CCc2ccccc21. The molecule has 1 N–H and O–H groups in total. The number of fused-ring (bicyclic) bond motifs is 1. The molecule has 0 aromatic heterocycles. The molecular weight excluding hydrogens is 359 g/mol. The topological polar surface area (TPSA) is 32.3 Å². The Balaban J connectivity index is 1.64. The van der Waals surface area contributed by atoms with Gasteiger partial charge >= 0.3 is 0 Å². The normalized spacial score (nSPS) is 16.4. The molecule has 3 rings (SSSR count). The minimum absolute atomic E-state index is 0.207. The van der Waals surface area contributed by atoms with Crippen LogP contribution in [0.2, 0.25) is 0 Å². The number of anilines is 1. The Morgan fingerprint density at radius 2 is 2.13 bits per heavy atom. The van der Waals surface area contributed by atoms with Crippen molar-refractivity contribution >= 4 is 27.5 Å². The number of halogens is 2. The van der Waals surface area contributed by atoms with Crippen LogP contribution in [0.3, 0.4) is 0 Å². The number of nitrogens with zero attached hydrogens (tertiary/aromatic N) is 1. The van der Waals surface area contributed by atoms with E-state index in [2.05, 4.69) is 33.4 Å². The van der Waals surface area contributed by atoms with Crippen molar-refractivity contribution in [3.63, 3.8) is 0 Å². The van der Waals surface area contributed by atoms with Crippen LogP contribution < -0.4 is 5.32 Å². The second-order valence-corrected chi connectivity index (χ2v) is 6.76. The van der Waals surface area contributed by atoms with Crippen LogP contribution in [0.25, 0.3) is 0 Å². The summed E-state index contributed by atoms with van der Waals surface area (Å²) in [5, 5.41) is 2.64. The minimum Gasteiger partial charge on any atom is -0.322 e. The van der Waals surface area contributed by atoms with Gasteiger partial charge in [-0.15, -0.1) is 0 Å². The van der Waals surface area contributed by atoms with Gasteiger partial charge in [0, 0.05) is 10.5 Å². The first-order chi connectivity index (χ1) is 11.0. The Kier molecular flexibility index (Phi) is 4.78. The van der Waals surface area contributed by atoms with Gasteiger partial charge in [0.2, 0.25) is 5.91 Å². The Labute approximate surface area is 143 Å². The number of benzene rings is 2. The number of nitrogens with one attached hydrogen (secondary N) is 1. The molecular formula is C18H18BrFN2O. The monoisotopic (exact) mass is 376 g/mol. The third-order valence-corrected chi connectivity index (χ3v) is 4.72. The second kappa shape index (κ2) is 6.81. The molecule has 120 valence electrons. The second-order valence-electron chi connectivity index (χ2n) is 5.84. The summed E-state index contributed by atoms with van der Waals surface area (Å²) >= 11 is 3.20. The predicted molar refractivity (Wildman–Crippen MR) is 92.9 cm³/mol. The number of likely N-dealkylation sites (N-methyl/N-ethyl adjacent to an activating group) is 1. The highest BCUT2D eigenvalue weighted by atomic mass is 79.9. The van der Waals surface area contributed by atoms with E-state index < -0.39 is 5.82 Å². The van der Waals surface area contributed by atoms with E-state index in [0.29, 0.717) is 4.47 Å². The van der Waals surface area contributed by atoms with Crippen molar-refractivity contribution in [1.29, 1.82) is 0 Å². The van der Waals surface area contributed by atoms with Gasteiger partial charge in [0.1, 0.15) is 5.82 Å². The van der Waals surface area contributed by atoms with E-state index in [-0.39, 0.29) is 24.2 Å². The fourth-order valence-electron chi connectivity index (χ4n) is 3.11. The van der Waals surface area contributed by atoms with E-state index >= 15 is 0 Å². The summed E-state index contributed by atoms with van der Waals surface area (Å²) in [4.78, 5) is 14.2. The fourth-order valence-corrected chi connectivity index (χ4v) is 3.44. The van der Waals surface area contributed by atoms with E-state index in [0.717, 1.165) is 12.8 Å².